The Kier molecular flexibility index (Phi) is 4.59. The Morgan fingerprint density at radius 3 is 2.68 bits per heavy atom. The van der Waals surface area contributed by atoms with Crippen molar-refractivity contribution in [2.24, 2.45) is 5.92 Å². The molecule has 1 aliphatic heterocycles. The number of benzene rings is 1. The van der Waals surface area contributed by atoms with E-state index in [1.165, 1.54) is 12.8 Å². The standard InChI is InChI=1S/C16H24N2O/c1-11-8-5-9-17-14(11)10-18-16(19)15-12(2)6-4-7-13(15)3/h4,6-7,11,14,17H,5,8-10H2,1-3H3,(H,18,19). The van der Waals surface area contributed by atoms with Crippen molar-refractivity contribution in [3.63, 3.8) is 0 Å². The molecule has 2 N–H and O–H groups in total. The zero-order valence-electron chi connectivity index (χ0n) is 12.1. The summed E-state index contributed by atoms with van der Waals surface area (Å²) in [6.45, 7) is 8.01. The van der Waals surface area contributed by atoms with Crippen LogP contribution in [0.25, 0.3) is 0 Å². The van der Waals surface area contributed by atoms with E-state index >= 15 is 0 Å². The van der Waals surface area contributed by atoms with Crippen molar-refractivity contribution >= 4 is 5.91 Å². The molecule has 0 spiro atoms. The molecule has 0 saturated carbocycles. The highest BCUT2D eigenvalue weighted by Gasteiger charge is 2.21. The minimum atomic E-state index is 0.0511. The molecule has 2 unspecified atom stereocenters. The molecule has 1 heterocycles. The first kappa shape index (κ1) is 14.1. The largest absolute Gasteiger partial charge is 0.350 e. The maximum atomic E-state index is 12.3. The van der Waals surface area contributed by atoms with Gasteiger partial charge in [-0.05, 0) is 50.3 Å². The van der Waals surface area contributed by atoms with Crippen LogP contribution in [0.5, 0.6) is 0 Å². The van der Waals surface area contributed by atoms with Gasteiger partial charge >= 0.3 is 0 Å². The average Bonchev–Trinajstić information content (AvgIpc) is 2.37. The van der Waals surface area contributed by atoms with Crippen molar-refractivity contribution in [3.8, 4) is 0 Å². The third-order valence-corrected chi connectivity index (χ3v) is 4.12. The van der Waals surface area contributed by atoms with Crippen LogP contribution in [-0.2, 0) is 0 Å². The van der Waals surface area contributed by atoms with Gasteiger partial charge in [-0.3, -0.25) is 4.79 Å². The van der Waals surface area contributed by atoms with Gasteiger partial charge in [-0.25, -0.2) is 0 Å². The van der Waals surface area contributed by atoms with Crippen molar-refractivity contribution in [1.29, 1.82) is 0 Å². The Balaban J connectivity index is 1.97. The number of piperidine rings is 1. The van der Waals surface area contributed by atoms with Gasteiger partial charge in [0.15, 0.2) is 0 Å². The maximum absolute atomic E-state index is 12.3. The molecule has 2 atom stereocenters. The van der Waals surface area contributed by atoms with Crippen LogP contribution in [0.2, 0.25) is 0 Å². The minimum absolute atomic E-state index is 0.0511. The van der Waals surface area contributed by atoms with Gasteiger partial charge < -0.3 is 10.6 Å². The van der Waals surface area contributed by atoms with Crippen LogP contribution in [0.4, 0.5) is 0 Å². The van der Waals surface area contributed by atoms with Gasteiger partial charge in [0.25, 0.3) is 5.91 Å². The van der Waals surface area contributed by atoms with Crippen LogP contribution in [0.3, 0.4) is 0 Å². The van der Waals surface area contributed by atoms with Crippen LogP contribution in [0.1, 0.15) is 41.3 Å². The number of hydrogen-bond acceptors (Lipinski definition) is 2. The first-order valence-corrected chi connectivity index (χ1v) is 7.17. The molecule has 0 radical (unpaired) electrons. The van der Waals surface area contributed by atoms with Gasteiger partial charge in [0.1, 0.15) is 0 Å². The van der Waals surface area contributed by atoms with E-state index in [1.807, 2.05) is 32.0 Å². The Labute approximate surface area is 115 Å². The molecule has 0 bridgehead atoms. The summed E-state index contributed by atoms with van der Waals surface area (Å²) in [5.74, 6) is 0.683. The zero-order chi connectivity index (χ0) is 13.8. The van der Waals surface area contributed by atoms with E-state index in [4.69, 9.17) is 0 Å². The third kappa shape index (κ3) is 3.35. The fraction of sp³-hybridized carbons (Fsp3) is 0.562. The van der Waals surface area contributed by atoms with Gasteiger partial charge in [0.2, 0.25) is 0 Å². The van der Waals surface area contributed by atoms with E-state index in [1.54, 1.807) is 0 Å². The second kappa shape index (κ2) is 6.20. The van der Waals surface area contributed by atoms with Crippen molar-refractivity contribution in [3.05, 3.63) is 34.9 Å². The third-order valence-electron chi connectivity index (χ3n) is 4.12. The number of carbonyl (C=O) groups excluding carboxylic acids is 1. The van der Waals surface area contributed by atoms with E-state index in [-0.39, 0.29) is 5.91 Å². The number of nitrogens with one attached hydrogen (secondary N) is 2. The molecule has 2 rings (SSSR count). The predicted octanol–water partition coefficient (Wildman–Crippen LogP) is 2.42. The summed E-state index contributed by atoms with van der Waals surface area (Å²) in [5, 5.41) is 6.57. The number of carbonyl (C=O) groups is 1. The van der Waals surface area contributed by atoms with Crippen LogP contribution < -0.4 is 10.6 Å². The summed E-state index contributed by atoms with van der Waals surface area (Å²) in [7, 11) is 0. The monoisotopic (exact) mass is 260 g/mol. The normalized spacial score (nSPS) is 23.1. The molecule has 1 aromatic rings. The lowest BCUT2D eigenvalue weighted by Gasteiger charge is -2.30. The van der Waals surface area contributed by atoms with Gasteiger partial charge in [-0.2, -0.15) is 0 Å². The lowest BCUT2D eigenvalue weighted by molar-refractivity contribution is 0.0942. The van der Waals surface area contributed by atoms with Crippen LogP contribution in [0.15, 0.2) is 18.2 Å². The smallest absolute Gasteiger partial charge is 0.251 e. The molecule has 0 aromatic heterocycles. The molecule has 1 amide bonds. The van der Waals surface area contributed by atoms with E-state index < -0.39 is 0 Å². The molecule has 1 aliphatic rings. The molecule has 1 fully saturated rings. The minimum Gasteiger partial charge on any atom is -0.350 e. The van der Waals surface area contributed by atoms with Gasteiger partial charge in [0.05, 0.1) is 0 Å². The Morgan fingerprint density at radius 2 is 2.05 bits per heavy atom. The summed E-state index contributed by atoms with van der Waals surface area (Å²) in [4.78, 5) is 12.3. The topological polar surface area (TPSA) is 41.1 Å². The highest BCUT2D eigenvalue weighted by molar-refractivity contribution is 5.97. The molecule has 3 nitrogen and oxygen atoms in total. The highest BCUT2D eigenvalue weighted by Crippen LogP contribution is 2.16. The van der Waals surface area contributed by atoms with E-state index in [0.717, 1.165) is 23.2 Å². The van der Waals surface area contributed by atoms with Gasteiger partial charge in [0, 0.05) is 18.2 Å². The summed E-state index contributed by atoms with van der Waals surface area (Å²) in [5.41, 5.74) is 2.91. The Bertz CT molecular complexity index is 436. The SMILES string of the molecule is Cc1cccc(C)c1C(=O)NCC1NCCCC1C. The van der Waals surface area contributed by atoms with Crippen LogP contribution in [0, 0.1) is 19.8 Å². The van der Waals surface area contributed by atoms with Gasteiger partial charge in [-0.15, -0.1) is 0 Å². The van der Waals surface area contributed by atoms with Crippen molar-refractivity contribution in [1.82, 2.24) is 10.6 Å². The lowest BCUT2D eigenvalue weighted by Crippen LogP contribution is -2.47. The Morgan fingerprint density at radius 1 is 1.37 bits per heavy atom. The first-order chi connectivity index (χ1) is 9.09. The quantitative estimate of drug-likeness (QED) is 0.876. The second-order valence-electron chi connectivity index (χ2n) is 5.66. The van der Waals surface area contributed by atoms with Crippen molar-refractivity contribution in [2.75, 3.05) is 13.1 Å². The van der Waals surface area contributed by atoms with Crippen LogP contribution >= 0.6 is 0 Å². The molecule has 19 heavy (non-hydrogen) atoms. The fourth-order valence-corrected chi connectivity index (χ4v) is 2.85. The molecule has 1 saturated heterocycles. The van der Waals surface area contributed by atoms with Gasteiger partial charge in [-0.1, -0.05) is 25.1 Å². The maximum Gasteiger partial charge on any atom is 0.251 e. The number of rotatable bonds is 3. The van der Waals surface area contributed by atoms with Crippen LogP contribution in [-0.4, -0.2) is 25.0 Å². The van der Waals surface area contributed by atoms with E-state index in [0.29, 0.717) is 18.5 Å². The molecule has 1 aromatic carbocycles. The molecular formula is C16H24N2O. The summed E-state index contributed by atoms with van der Waals surface area (Å²) >= 11 is 0. The molecule has 104 valence electrons. The molecule has 3 heteroatoms. The fourth-order valence-electron chi connectivity index (χ4n) is 2.85. The number of aryl methyl sites for hydroxylation is 2. The number of amides is 1. The number of hydrogen-bond donors (Lipinski definition) is 2. The lowest BCUT2D eigenvalue weighted by atomic mass is 9.92. The van der Waals surface area contributed by atoms with E-state index in [9.17, 15) is 4.79 Å². The Hall–Kier alpha value is -1.35. The highest BCUT2D eigenvalue weighted by atomic mass is 16.1. The molecular weight excluding hydrogens is 236 g/mol. The predicted molar refractivity (Wildman–Crippen MR) is 78.4 cm³/mol. The van der Waals surface area contributed by atoms with Crippen molar-refractivity contribution in [2.45, 2.75) is 39.7 Å². The zero-order valence-corrected chi connectivity index (χ0v) is 12.1. The summed E-state index contributed by atoms with van der Waals surface area (Å²) in [6, 6.07) is 6.38. The van der Waals surface area contributed by atoms with E-state index in [2.05, 4.69) is 17.6 Å². The first-order valence-electron chi connectivity index (χ1n) is 7.17. The second-order valence-corrected chi connectivity index (χ2v) is 5.66. The summed E-state index contributed by atoms with van der Waals surface area (Å²) < 4.78 is 0. The summed E-state index contributed by atoms with van der Waals surface area (Å²) in [6.07, 6.45) is 2.49. The average molecular weight is 260 g/mol. The molecule has 0 aliphatic carbocycles. The van der Waals surface area contributed by atoms with Crippen molar-refractivity contribution < 1.29 is 4.79 Å².